The van der Waals surface area contributed by atoms with Gasteiger partial charge in [-0.15, -0.1) is 0 Å². The van der Waals surface area contributed by atoms with E-state index < -0.39 is 0 Å². The molecule has 2 aromatic heterocycles. The van der Waals surface area contributed by atoms with E-state index >= 15 is 0 Å². The number of hydrogen-bond donors (Lipinski definition) is 2. The number of nitrogens with one attached hydrogen (secondary N) is 1. The SMILES string of the molecule is CCCN(N)c1nccc2c(C)c3[nH]c4ccc(OC)cc4c3c(C)c12. The Labute approximate surface area is 152 Å². The number of pyridine rings is 1. The molecule has 0 amide bonds. The predicted octanol–water partition coefficient (Wildman–Crippen LogP) is 4.58. The third kappa shape index (κ3) is 2.31. The molecule has 0 spiro atoms. The number of fused-ring (bicyclic) bond motifs is 4. The number of anilines is 1. The van der Waals surface area contributed by atoms with Gasteiger partial charge in [-0.25, -0.2) is 10.8 Å². The number of benzene rings is 2. The highest BCUT2D eigenvalue weighted by molar-refractivity contribution is 6.18. The zero-order chi connectivity index (χ0) is 18.4. The van der Waals surface area contributed by atoms with Crippen LogP contribution >= 0.6 is 0 Å². The Morgan fingerprint density at radius 1 is 1.12 bits per heavy atom. The summed E-state index contributed by atoms with van der Waals surface area (Å²) in [4.78, 5) is 8.18. The molecule has 0 saturated heterocycles. The van der Waals surface area contributed by atoms with Crippen molar-refractivity contribution in [2.24, 2.45) is 5.84 Å². The number of ether oxygens (including phenoxy) is 1. The Balaban J connectivity index is 2.17. The van der Waals surface area contributed by atoms with E-state index in [1.54, 1.807) is 12.1 Å². The van der Waals surface area contributed by atoms with Crippen molar-refractivity contribution < 1.29 is 4.74 Å². The van der Waals surface area contributed by atoms with Gasteiger partial charge in [0.1, 0.15) is 5.75 Å². The second kappa shape index (κ2) is 6.18. The lowest BCUT2D eigenvalue weighted by Gasteiger charge is -2.20. The van der Waals surface area contributed by atoms with Crippen LogP contribution in [0.25, 0.3) is 32.6 Å². The molecule has 5 heteroatoms. The monoisotopic (exact) mass is 348 g/mol. The van der Waals surface area contributed by atoms with Crippen LogP contribution in [0.2, 0.25) is 0 Å². The molecule has 26 heavy (non-hydrogen) atoms. The zero-order valence-corrected chi connectivity index (χ0v) is 15.7. The standard InChI is InChI=1S/C21H24N4O/c1-5-10-25(22)21-19-13(3)18-16-11-14(26-4)6-7-17(16)24-20(18)12(2)15(19)8-9-23-21/h6-9,11,24H,5,10,22H2,1-4H3. The molecule has 0 aliphatic heterocycles. The lowest BCUT2D eigenvalue weighted by Crippen LogP contribution is -2.32. The Morgan fingerprint density at radius 2 is 1.92 bits per heavy atom. The highest BCUT2D eigenvalue weighted by atomic mass is 16.5. The van der Waals surface area contributed by atoms with Crippen molar-refractivity contribution >= 4 is 38.4 Å². The molecule has 0 saturated carbocycles. The van der Waals surface area contributed by atoms with Crippen molar-refractivity contribution in [2.45, 2.75) is 27.2 Å². The molecule has 0 atom stereocenters. The molecule has 3 N–H and O–H groups in total. The van der Waals surface area contributed by atoms with Crippen molar-refractivity contribution in [1.29, 1.82) is 0 Å². The van der Waals surface area contributed by atoms with Gasteiger partial charge in [0.15, 0.2) is 5.82 Å². The molecular formula is C21H24N4O. The third-order valence-electron chi connectivity index (χ3n) is 5.20. The number of nitrogens with zero attached hydrogens (tertiary/aromatic N) is 2. The molecule has 0 bridgehead atoms. The van der Waals surface area contributed by atoms with Crippen LogP contribution in [-0.2, 0) is 0 Å². The van der Waals surface area contributed by atoms with Gasteiger partial charge in [0.25, 0.3) is 0 Å². The fourth-order valence-corrected chi connectivity index (χ4v) is 3.93. The van der Waals surface area contributed by atoms with Crippen molar-refractivity contribution in [1.82, 2.24) is 9.97 Å². The Bertz CT molecular complexity index is 1130. The predicted molar refractivity (Wildman–Crippen MR) is 109 cm³/mol. The number of aryl methyl sites for hydroxylation is 2. The molecule has 0 fully saturated rings. The molecule has 0 aliphatic carbocycles. The van der Waals surface area contributed by atoms with E-state index in [2.05, 4.69) is 48.9 Å². The minimum Gasteiger partial charge on any atom is -0.497 e. The maximum atomic E-state index is 6.31. The van der Waals surface area contributed by atoms with Crippen molar-refractivity contribution in [3.05, 3.63) is 41.6 Å². The van der Waals surface area contributed by atoms with E-state index in [1.807, 2.05) is 12.3 Å². The third-order valence-corrected chi connectivity index (χ3v) is 5.20. The number of hydrogen-bond acceptors (Lipinski definition) is 4. The van der Waals surface area contributed by atoms with Crippen LogP contribution in [-0.4, -0.2) is 23.6 Å². The number of aromatic amines is 1. The first-order chi connectivity index (χ1) is 12.6. The van der Waals surface area contributed by atoms with Crippen LogP contribution in [0.3, 0.4) is 0 Å². The normalized spacial score (nSPS) is 11.6. The average Bonchev–Trinajstić information content (AvgIpc) is 3.04. The Morgan fingerprint density at radius 3 is 2.65 bits per heavy atom. The van der Waals surface area contributed by atoms with Gasteiger partial charge in [-0.2, -0.15) is 0 Å². The molecule has 2 aromatic carbocycles. The quantitative estimate of drug-likeness (QED) is 0.418. The summed E-state index contributed by atoms with van der Waals surface area (Å²) in [6.45, 7) is 7.20. The van der Waals surface area contributed by atoms with Gasteiger partial charge in [-0.05, 0) is 61.0 Å². The number of hydrazine groups is 1. The summed E-state index contributed by atoms with van der Waals surface area (Å²) >= 11 is 0. The van der Waals surface area contributed by atoms with E-state index in [-0.39, 0.29) is 0 Å². The van der Waals surface area contributed by atoms with Crippen LogP contribution in [0.1, 0.15) is 24.5 Å². The smallest absolute Gasteiger partial charge is 0.150 e. The number of rotatable bonds is 4. The van der Waals surface area contributed by atoms with E-state index in [0.717, 1.165) is 46.3 Å². The van der Waals surface area contributed by atoms with Gasteiger partial charge >= 0.3 is 0 Å². The number of aromatic nitrogens is 2. The first kappa shape index (κ1) is 16.7. The summed E-state index contributed by atoms with van der Waals surface area (Å²) < 4.78 is 5.44. The molecule has 0 unspecified atom stereocenters. The first-order valence-corrected chi connectivity index (χ1v) is 8.96. The van der Waals surface area contributed by atoms with Crippen molar-refractivity contribution in [2.75, 3.05) is 18.7 Å². The summed E-state index contributed by atoms with van der Waals surface area (Å²) in [6.07, 6.45) is 2.82. The lowest BCUT2D eigenvalue weighted by atomic mass is 9.96. The Hall–Kier alpha value is -2.79. The van der Waals surface area contributed by atoms with Crippen LogP contribution in [0.15, 0.2) is 30.5 Å². The van der Waals surface area contributed by atoms with Gasteiger partial charge < -0.3 is 9.72 Å². The fraction of sp³-hybridized carbons (Fsp3) is 0.286. The summed E-state index contributed by atoms with van der Waals surface area (Å²) in [5, 5.41) is 6.44. The van der Waals surface area contributed by atoms with Crippen molar-refractivity contribution in [3.63, 3.8) is 0 Å². The van der Waals surface area contributed by atoms with Crippen LogP contribution in [0.4, 0.5) is 5.82 Å². The highest BCUT2D eigenvalue weighted by Crippen LogP contribution is 2.40. The van der Waals surface area contributed by atoms with E-state index in [1.165, 1.54) is 21.9 Å². The minimum absolute atomic E-state index is 0.768. The Kier molecular flexibility index (Phi) is 3.96. The molecule has 134 valence electrons. The summed E-state index contributed by atoms with van der Waals surface area (Å²) in [5.41, 5.74) is 4.67. The van der Waals surface area contributed by atoms with E-state index in [0.29, 0.717) is 0 Å². The molecule has 0 aliphatic rings. The van der Waals surface area contributed by atoms with Crippen LogP contribution in [0, 0.1) is 13.8 Å². The lowest BCUT2D eigenvalue weighted by molar-refractivity contribution is 0.415. The zero-order valence-electron chi connectivity index (χ0n) is 15.7. The second-order valence-electron chi connectivity index (χ2n) is 6.79. The molecule has 4 aromatic rings. The van der Waals surface area contributed by atoms with Gasteiger partial charge in [0.05, 0.1) is 12.6 Å². The van der Waals surface area contributed by atoms with Crippen molar-refractivity contribution in [3.8, 4) is 5.75 Å². The largest absolute Gasteiger partial charge is 0.497 e. The van der Waals surface area contributed by atoms with Gasteiger partial charge in [-0.1, -0.05) is 6.92 Å². The van der Waals surface area contributed by atoms with E-state index in [4.69, 9.17) is 10.6 Å². The van der Waals surface area contributed by atoms with Crippen LogP contribution < -0.4 is 15.6 Å². The average molecular weight is 348 g/mol. The second-order valence-corrected chi connectivity index (χ2v) is 6.79. The summed E-state index contributed by atoms with van der Waals surface area (Å²) in [6, 6.07) is 8.22. The van der Waals surface area contributed by atoms with Crippen LogP contribution in [0.5, 0.6) is 5.75 Å². The van der Waals surface area contributed by atoms with Gasteiger partial charge in [-0.3, -0.25) is 5.01 Å². The molecule has 0 radical (unpaired) electrons. The number of methoxy groups -OCH3 is 1. The molecule has 2 heterocycles. The number of nitrogens with two attached hydrogens (primary N) is 1. The minimum atomic E-state index is 0.768. The molecular weight excluding hydrogens is 324 g/mol. The molecule has 5 nitrogen and oxygen atoms in total. The number of H-pyrrole nitrogens is 1. The fourth-order valence-electron chi connectivity index (χ4n) is 3.93. The molecule has 4 rings (SSSR count). The van der Waals surface area contributed by atoms with E-state index in [9.17, 15) is 0 Å². The van der Waals surface area contributed by atoms with Gasteiger partial charge in [0.2, 0.25) is 0 Å². The maximum Gasteiger partial charge on any atom is 0.150 e. The maximum absolute atomic E-state index is 6.31. The summed E-state index contributed by atoms with van der Waals surface area (Å²) in [5.74, 6) is 8.00. The van der Waals surface area contributed by atoms with Gasteiger partial charge in [0, 0.05) is 34.4 Å². The highest BCUT2D eigenvalue weighted by Gasteiger charge is 2.18. The first-order valence-electron chi connectivity index (χ1n) is 8.96. The topological polar surface area (TPSA) is 67.2 Å². The summed E-state index contributed by atoms with van der Waals surface area (Å²) in [7, 11) is 1.70.